The molecule has 94 valence electrons. The molecule has 0 spiro atoms. The minimum absolute atomic E-state index is 0.492. The van der Waals surface area contributed by atoms with E-state index in [1.807, 2.05) is 6.20 Å². The van der Waals surface area contributed by atoms with Crippen LogP contribution in [0.3, 0.4) is 0 Å². The Hall–Kier alpha value is -1.74. The van der Waals surface area contributed by atoms with Crippen LogP contribution in [-0.2, 0) is 6.54 Å². The molecule has 3 nitrogen and oxygen atoms in total. The molecule has 0 aliphatic heterocycles. The summed E-state index contributed by atoms with van der Waals surface area (Å²) >= 11 is 0. The van der Waals surface area contributed by atoms with Crippen molar-refractivity contribution in [3.63, 3.8) is 0 Å². The van der Waals surface area contributed by atoms with Crippen LogP contribution >= 0.6 is 0 Å². The maximum atomic E-state index is 4.36. The van der Waals surface area contributed by atoms with Gasteiger partial charge in [-0.1, -0.05) is 26.0 Å². The summed E-state index contributed by atoms with van der Waals surface area (Å²) in [7, 11) is 0. The highest BCUT2D eigenvalue weighted by molar-refractivity contribution is 5.63. The lowest BCUT2D eigenvalue weighted by atomic mass is 10.0. The third-order valence-corrected chi connectivity index (χ3v) is 2.86. The molecule has 0 radical (unpaired) electrons. The SMILES string of the molecule is Cc1ccc(CNC(C)C)cc1-c1cnccn1. The van der Waals surface area contributed by atoms with Gasteiger partial charge in [-0.15, -0.1) is 0 Å². The van der Waals surface area contributed by atoms with Crippen LogP contribution < -0.4 is 5.32 Å². The van der Waals surface area contributed by atoms with Gasteiger partial charge in [0.1, 0.15) is 0 Å². The van der Waals surface area contributed by atoms with E-state index in [-0.39, 0.29) is 0 Å². The van der Waals surface area contributed by atoms with E-state index in [0.29, 0.717) is 6.04 Å². The van der Waals surface area contributed by atoms with Gasteiger partial charge in [-0.05, 0) is 24.1 Å². The third-order valence-electron chi connectivity index (χ3n) is 2.86. The Morgan fingerprint density at radius 2 is 2.06 bits per heavy atom. The van der Waals surface area contributed by atoms with Crippen molar-refractivity contribution in [2.75, 3.05) is 0 Å². The zero-order valence-electron chi connectivity index (χ0n) is 11.1. The van der Waals surface area contributed by atoms with Crippen LogP contribution in [0.5, 0.6) is 0 Å². The highest BCUT2D eigenvalue weighted by atomic mass is 14.9. The number of hydrogen-bond acceptors (Lipinski definition) is 3. The molecule has 2 aromatic rings. The van der Waals surface area contributed by atoms with Crippen LogP contribution in [-0.4, -0.2) is 16.0 Å². The Kier molecular flexibility index (Phi) is 4.05. The van der Waals surface area contributed by atoms with Gasteiger partial charge in [0.05, 0.1) is 11.9 Å². The number of aryl methyl sites for hydroxylation is 1. The minimum Gasteiger partial charge on any atom is -0.310 e. The molecule has 0 aliphatic rings. The summed E-state index contributed by atoms with van der Waals surface area (Å²) in [5.41, 5.74) is 4.59. The first-order valence-corrected chi connectivity index (χ1v) is 6.26. The standard InChI is InChI=1S/C15H19N3/c1-11(2)18-9-13-5-4-12(3)14(8-13)15-10-16-6-7-17-15/h4-8,10-11,18H,9H2,1-3H3. The molecule has 0 atom stereocenters. The zero-order chi connectivity index (χ0) is 13.0. The minimum atomic E-state index is 0.492. The van der Waals surface area contributed by atoms with Gasteiger partial charge in [0, 0.05) is 30.5 Å². The fourth-order valence-corrected chi connectivity index (χ4v) is 1.82. The fraction of sp³-hybridized carbons (Fsp3) is 0.333. The second kappa shape index (κ2) is 5.74. The molecular weight excluding hydrogens is 222 g/mol. The van der Waals surface area contributed by atoms with Gasteiger partial charge in [0.25, 0.3) is 0 Å². The summed E-state index contributed by atoms with van der Waals surface area (Å²) in [6.45, 7) is 7.28. The monoisotopic (exact) mass is 241 g/mol. The summed E-state index contributed by atoms with van der Waals surface area (Å²) < 4.78 is 0. The molecule has 18 heavy (non-hydrogen) atoms. The molecule has 1 N–H and O–H groups in total. The number of nitrogens with zero attached hydrogens (tertiary/aromatic N) is 2. The van der Waals surface area contributed by atoms with Gasteiger partial charge >= 0.3 is 0 Å². The largest absolute Gasteiger partial charge is 0.310 e. The predicted octanol–water partition coefficient (Wildman–Crippen LogP) is 2.95. The van der Waals surface area contributed by atoms with Gasteiger partial charge in [-0.2, -0.15) is 0 Å². The molecule has 0 bridgehead atoms. The van der Waals surface area contributed by atoms with Gasteiger partial charge < -0.3 is 5.32 Å². The molecule has 0 aliphatic carbocycles. The average molecular weight is 241 g/mol. The molecule has 0 saturated heterocycles. The highest BCUT2D eigenvalue weighted by Gasteiger charge is 2.05. The van der Waals surface area contributed by atoms with Crippen molar-refractivity contribution < 1.29 is 0 Å². The van der Waals surface area contributed by atoms with Crippen LogP contribution in [0, 0.1) is 6.92 Å². The van der Waals surface area contributed by atoms with E-state index in [2.05, 4.69) is 54.3 Å². The highest BCUT2D eigenvalue weighted by Crippen LogP contribution is 2.21. The van der Waals surface area contributed by atoms with Crippen molar-refractivity contribution >= 4 is 0 Å². The maximum absolute atomic E-state index is 4.36. The number of aromatic nitrogens is 2. The van der Waals surface area contributed by atoms with Gasteiger partial charge in [0.2, 0.25) is 0 Å². The van der Waals surface area contributed by atoms with Crippen molar-refractivity contribution in [2.45, 2.75) is 33.4 Å². The number of nitrogens with one attached hydrogen (secondary N) is 1. The smallest absolute Gasteiger partial charge is 0.0887 e. The Labute approximate surface area is 108 Å². The predicted molar refractivity (Wildman–Crippen MR) is 74.2 cm³/mol. The van der Waals surface area contributed by atoms with Crippen molar-refractivity contribution in [2.24, 2.45) is 0 Å². The van der Waals surface area contributed by atoms with E-state index in [9.17, 15) is 0 Å². The molecule has 1 aromatic carbocycles. The number of benzene rings is 1. The Morgan fingerprint density at radius 3 is 2.72 bits per heavy atom. The van der Waals surface area contributed by atoms with Crippen LogP contribution in [0.4, 0.5) is 0 Å². The molecule has 2 rings (SSSR count). The van der Waals surface area contributed by atoms with Crippen LogP contribution in [0.15, 0.2) is 36.8 Å². The van der Waals surface area contributed by atoms with Gasteiger partial charge in [-0.25, -0.2) is 0 Å². The fourth-order valence-electron chi connectivity index (χ4n) is 1.82. The Morgan fingerprint density at radius 1 is 1.22 bits per heavy atom. The summed E-state index contributed by atoms with van der Waals surface area (Å²) in [4.78, 5) is 8.49. The summed E-state index contributed by atoms with van der Waals surface area (Å²) in [6, 6.07) is 6.98. The van der Waals surface area contributed by atoms with E-state index >= 15 is 0 Å². The molecule has 1 heterocycles. The quantitative estimate of drug-likeness (QED) is 0.894. The summed E-state index contributed by atoms with van der Waals surface area (Å²) in [5.74, 6) is 0. The van der Waals surface area contributed by atoms with Crippen molar-refractivity contribution in [3.8, 4) is 11.3 Å². The van der Waals surface area contributed by atoms with Crippen molar-refractivity contribution in [1.82, 2.24) is 15.3 Å². The third kappa shape index (κ3) is 3.14. The van der Waals surface area contributed by atoms with Gasteiger partial charge in [0.15, 0.2) is 0 Å². The molecular formula is C15H19N3. The normalized spacial score (nSPS) is 10.9. The molecule has 0 amide bonds. The lowest BCUT2D eigenvalue weighted by Crippen LogP contribution is -2.21. The van der Waals surface area contributed by atoms with E-state index < -0.39 is 0 Å². The molecule has 0 unspecified atom stereocenters. The van der Waals surface area contributed by atoms with Crippen molar-refractivity contribution in [1.29, 1.82) is 0 Å². The molecule has 0 saturated carbocycles. The van der Waals surface area contributed by atoms with E-state index in [1.165, 1.54) is 11.1 Å². The topological polar surface area (TPSA) is 37.8 Å². The molecule has 0 fully saturated rings. The first kappa shape index (κ1) is 12.7. The molecule has 1 aromatic heterocycles. The summed E-state index contributed by atoms with van der Waals surface area (Å²) in [5, 5.41) is 3.42. The van der Waals surface area contributed by atoms with Crippen LogP contribution in [0.2, 0.25) is 0 Å². The number of hydrogen-bond donors (Lipinski definition) is 1. The summed E-state index contributed by atoms with van der Waals surface area (Å²) in [6.07, 6.45) is 5.23. The van der Waals surface area contributed by atoms with E-state index in [4.69, 9.17) is 0 Å². The second-order valence-corrected chi connectivity index (χ2v) is 4.78. The second-order valence-electron chi connectivity index (χ2n) is 4.78. The lowest BCUT2D eigenvalue weighted by Gasteiger charge is -2.11. The maximum Gasteiger partial charge on any atom is 0.0887 e. The first-order chi connectivity index (χ1) is 8.66. The zero-order valence-corrected chi connectivity index (χ0v) is 11.1. The lowest BCUT2D eigenvalue weighted by molar-refractivity contribution is 0.589. The van der Waals surface area contributed by atoms with Gasteiger partial charge in [-0.3, -0.25) is 9.97 Å². The average Bonchev–Trinajstić information content (AvgIpc) is 2.38. The van der Waals surface area contributed by atoms with E-state index in [0.717, 1.165) is 17.8 Å². The Balaban J connectivity index is 2.27. The van der Waals surface area contributed by atoms with E-state index in [1.54, 1.807) is 12.4 Å². The molecule has 3 heteroatoms. The van der Waals surface area contributed by atoms with Crippen molar-refractivity contribution in [3.05, 3.63) is 47.9 Å². The van der Waals surface area contributed by atoms with Crippen LogP contribution in [0.25, 0.3) is 11.3 Å². The number of rotatable bonds is 4. The Bertz CT molecular complexity index is 506. The first-order valence-electron chi connectivity index (χ1n) is 6.26. The van der Waals surface area contributed by atoms with Crippen LogP contribution in [0.1, 0.15) is 25.0 Å².